The first-order valence-electron chi connectivity index (χ1n) is 12.8. The third-order valence-electron chi connectivity index (χ3n) is 7.41. The van der Waals surface area contributed by atoms with E-state index in [4.69, 9.17) is 0 Å². The number of nitriles is 6. The summed E-state index contributed by atoms with van der Waals surface area (Å²) in [7, 11) is 0. The molecule has 0 spiro atoms. The van der Waals surface area contributed by atoms with Crippen LogP contribution in [0.15, 0.2) is 71.8 Å². The van der Waals surface area contributed by atoms with Gasteiger partial charge in [-0.1, -0.05) is 24.3 Å². The van der Waals surface area contributed by atoms with E-state index < -0.39 is 34.6 Å². The molecule has 0 radical (unpaired) electrons. The smallest absolute Gasteiger partial charge is 0.192 e. The molecule has 2 aliphatic carbocycles. The van der Waals surface area contributed by atoms with Gasteiger partial charge in [0.1, 0.15) is 47.6 Å². The summed E-state index contributed by atoms with van der Waals surface area (Å²) in [5, 5.41) is 59.8. The normalized spacial score (nSPS) is 13.5. The number of fused-ring (bicyclic) bond motifs is 2. The average molecular weight is 616 g/mol. The van der Waals surface area contributed by atoms with Gasteiger partial charge in [0.05, 0.1) is 22.3 Å². The molecule has 5 rings (SSSR count). The van der Waals surface area contributed by atoms with E-state index in [0.29, 0.717) is 0 Å². The minimum Gasteiger partial charge on any atom is -0.192 e. The molecule has 218 valence electrons. The van der Waals surface area contributed by atoms with Crippen LogP contribution in [-0.2, 0) is 12.4 Å². The maximum Gasteiger partial charge on any atom is 0.416 e. The van der Waals surface area contributed by atoms with E-state index in [1.807, 2.05) is 12.1 Å². The first-order valence-corrected chi connectivity index (χ1v) is 12.8. The zero-order valence-electron chi connectivity index (χ0n) is 22.7. The fraction of sp³-hybridized carbons (Fsp3) is 0.0588. The molecule has 0 aromatic heterocycles. The zero-order chi connectivity index (χ0) is 33.6. The Bertz CT molecular complexity index is 2060. The van der Waals surface area contributed by atoms with Crippen LogP contribution in [0.1, 0.15) is 44.5 Å². The molecule has 0 saturated carbocycles. The predicted molar refractivity (Wildman–Crippen MR) is 150 cm³/mol. The van der Waals surface area contributed by atoms with Gasteiger partial charge in [-0.05, 0) is 58.7 Å². The van der Waals surface area contributed by atoms with Gasteiger partial charge in [0, 0.05) is 33.4 Å². The van der Waals surface area contributed by atoms with Crippen molar-refractivity contribution in [3.8, 4) is 36.4 Å². The molecular weight excluding hydrogens is 606 g/mol. The Hall–Kier alpha value is -6.86. The van der Waals surface area contributed by atoms with Gasteiger partial charge in [0.15, 0.2) is 0 Å². The van der Waals surface area contributed by atoms with Crippen molar-refractivity contribution in [1.82, 2.24) is 0 Å². The molecule has 6 nitrogen and oxygen atoms in total. The minimum atomic E-state index is -4.67. The number of benzene rings is 3. The number of allylic oxidation sites excluding steroid dienone is 8. The summed E-state index contributed by atoms with van der Waals surface area (Å²) >= 11 is 0. The molecular formula is C34H10F6N6. The van der Waals surface area contributed by atoms with Crippen LogP contribution in [0.25, 0.3) is 33.4 Å². The molecule has 0 aliphatic heterocycles. The molecule has 0 bridgehead atoms. The van der Waals surface area contributed by atoms with Gasteiger partial charge in [0.2, 0.25) is 0 Å². The molecule has 46 heavy (non-hydrogen) atoms. The van der Waals surface area contributed by atoms with Gasteiger partial charge in [-0.2, -0.15) is 57.9 Å². The summed E-state index contributed by atoms with van der Waals surface area (Å²) in [5.74, 6) is 0. The Balaban J connectivity index is 1.86. The van der Waals surface area contributed by atoms with E-state index in [9.17, 15) is 57.9 Å². The minimum absolute atomic E-state index is 0.0234. The second-order valence-electron chi connectivity index (χ2n) is 9.76. The van der Waals surface area contributed by atoms with Crippen molar-refractivity contribution in [3.05, 3.63) is 116 Å². The zero-order valence-corrected chi connectivity index (χ0v) is 22.7. The topological polar surface area (TPSA) is 143 Å². The highest BCUT2D eigenvalue weighted by Gasteiger charge is 2.38. The van der Waals surface area contributed by atoms with Crippen molar-refractivity contribution < 1.29 is 26.3 Å². The molecule has 3 aromatic rings. The summed E-state index contributed by atoms with van der Waals surface area (Å²) in [4.78, 5) is 0. The third-order valence-corrected chi connectivity index (χ3v) is 7.41. The lowest BCUT2D eigenvalue weighted by molar-refractivity contribution is -0.138. The number of alkyl halides is 6. The SMILES string of the molecule is N#CC(C#N)=C1C(c2ccc(C(F)(F)F)cc2)=C(C#N)c2cc3c(cc21)C(=C(C#N)C#N)C(c1ccc(C(F)(F)F)cc1)=C3C#N. The molecule has 0 saturated heterocycles. The molecule has 3 aromatic carbocycles. The fourth-order valence-corrected chi connectivity index (χ4v) is 5.47. The summed E-state index contributed by atoms with van der Waals surface area (Å²) in [6, 6.07) is 21.0. The largest absolute Gasteiger partial charge is 0.416 e. The lowest BCUT2D eigenvalue weighted by atomic mass is 9.89. The van der Waals surface area contributed by atoms with E-state index >= 15 is 0 Å². The van der Waals surface area contributed by atoms with Crippen molar-refractivity contribution in [2.24, 2.45) is 0 Å². The average Bonchev–Trinajstić information content (AvgIpc) is 3.52. The Morgan fingerprint density at radius 1 is 0.457 bits per heavy atom. The summed E-state index contributed by atoms with van der Waals surface area (Å²) in [6.07, 6.45) is -9.33. The highest BCUT2D eigenvalue weighted by atomic mass is 19.4. The lowest BCUT2D eigenvalue weighted by Crippen LogP contribution is -2.04. The van der Waals surface area contributed by atoms with E-state index in [-0.39, 0.29) is 66.8 Å². The maximum atomic E-state index is 13.3. The maximum absolute atomic E-state index is 13.3. The van der Waals surface area contributed by atoms with Crippen LogP contribution in [0.4, 0.5) is 26.3 Å². The summed E-state index contributed by atoms with van der Waals surface area (Å²) in [5.41, 5.74) is -2.96. The van der Waals surface area contributed by atoms with E-state index in [2.05, 4.69) is 0 Å². The first kappa shape index (κ1) is 30.6. The monoisotopic (exact) mass is 616 g/mol. The van der Waals surface area contributed by atoms with Crippen molar-refractivity contribution >= 4 is 33.4 Å². The number of hydrogen-bond donors (Lipinski definition) is 0. The Kier molecular flexibility index (Phi) is 7.32. The van der Waals surface area contributed by atoms with Gasteiger partial charge < -0.3 is 0 Å². The van der Waals surface area contributed by atoms with Crippen LogP contribution in [0.3, 0.4) is 0 Å². The molecule has 0 atom stereocenters. The number of halogens is 6. The van der Waals surface area contributed by atoms with Crippen molar-refractivity contribution in [3.63, 3.8) is 0 Å². The first-order chi connectivity index (χ1) is 21.8. The number of rotatable bonds is 2. The van der Waals surface area contributed by atoms with Gasteiger partial charge in [-0.25, -0.2) is 0 Å². The molecule has 0 fully saturated rings. The van der Waals surface area contributed by atoms with Gasteiger partial charge in [-0.3, -0.25) is 0 Å². The second-order valence-corrected chi connectivity index (χ2v) is 9.76. The van der Waals surface area contributed by atoms with Crippen LogP contribution >= 0.6 is 0 Å². The van der Waals surface area contributed by atoms with Crippen molar-refractivity contribution in [2.75, 3.05) is 0 Å². The van der Waals surface area contributed by atoms with Crippen molar-refractivity contribution in [1.29, 1.82) is 31.6 Å². The molecule has 0 heterocycles. The Morgan fingerprint density at radius 2 is 0.761 bits per heavy atom. The fourth-order valence-electron chi connectivity index (χ4n) is 5.47. The van der Waals surface area contributed by atoms with Crippen LogP contribution in [-0.4, -0.2) is 0 Å². The van der Waals surface area contributed by atoms with Crippen LogP contribution < -0.4 is 0 Å². The van der Waals surface area contributed by atoms with Gasteiger partial charge in [-0.15, -0.1) is 0 Å². The summed E-state index contributed by atoms with van der Waals surface area (Å²) < 4.78 is 79.6. The number of nitrogens with zero attached hydrogens (tertiary/aromatic N) is 6. The summed E-state index contributed by atoms with van der Waals surface area (Å²) in [6.45, 7) is 0. The standard InChI is InChI=1S/C34H10F6N6/c35-33(36,37)21-5-1-17(2-6-21)29-27(15-45)23-9-24-26(10-25(23)31(29)19(11-41)12-42)32(20(13-43)14-44)30(28(24)16-46)18-3-7-22(8-4-18)34(38,39)40/h1-10H. The molecule has 0 amide bonds. The third kappa shape index (κ3) is 4.74. The predicted octanol–water partition coefficient (Wildman–Crippen LogP) is 8.22. The molecule has 2 aliphatic rings. The van der Waals surface area contributed by atoms with E-state index in [0.717, 1.165) is 48.5 Å². The highest BCUT2D eigenvalue weighted by molar-refractivity contribution is 6.29. The Labute approximate surface area is 256 Å². The van der Waals surface area contributed by atoms with Crippen LogP contribution in [0.2, 0.25) is 0 Å². The van der Waals surface area contributed by atoms with Crippen molar-refractivity contribution in [2.45, 2.75) is 12.4 Å². The van der Waals surface area contributed by atoms with Crippen LogP contribution in [0, 0.1) is 68.0 Å². The van der Waals surface area contributed by atoms with E-state index in [1.165, 1.54) is 12.1 Å². The van der Waals surface area contributed by atoms with Crippen LogP contribution in [0.5, 0.6) is 0 Å². The van der Waals surface area contributed by atoms with Gasteiger partial charge >= 0.3 is 12.4 Å². The second kappa shape index (κ2) is 11.0. The quantitative estimate of drug-likeness (QED) is 0.210. The highest BCUT2D eigenvalue weighted by Crippen LogP contribution is 2.54. The lowest BCUT2D eigenvalue weighted by Gasteiger charge is -2.13. The molecule has 0 unspecified atom stereocenters. The van der Waals surface area contributed by atoms with E-state index in [1.54, 1.807) is 24.3 Å². The Morgan fingerprint density at radius 3 is 1.02 bits per heavy atom. The van der Waals surface area contributed by atoms with Gasteiger partial charge in [0.25, 0.3) is 0 Å². The molecule has 0 N–H and O–H groups in total. The number of hydrogen-bond acceptors (Lipinski definition) is 6. The molecule has 12 heteroatoms.